The third-order valence-electron chi connectivity index (χ3n) is 2.98. The van der Waals surface area contributed by atoms with Gasteiger partial charge in [0, 0.05) is 0 Å². The largest absolute Gasteiger partial charge is 0.462 e. The maximum absolute atomic E-state index is 11.7. The molecule has 2 heteroatoms. The van der Waals surface area contributed by atoms with Gasteiger partial charge in [-0.3, -0.25) is 0 Å². The molecule has 0 saturated heterocycles. The Labute approximate surface area is 102 Å². The molecule has 0 fully saturated rings. The SMILES string of the molecule is Cc1ccccc1C(=O)OCCCCC1=CC1. The summed E-state index contributed by atoms with van der Waals surface area (Å²) in [7, 11) is 0. The van der Waals surface area contributed by atoms with Crippen molar-refractivity contribution in [3.05, 3.63) is 47.0 Å². The molecule has 0 atom stereocenters. The highest BCUT2D eigenvalue weighted by Crippen LogP contribution is 2.24. The van der Waals surface area contributed by atoms with Crippen molar-refractivity contribution in [2.75, 3.05) is 6.61 Å². The van der Waals surface area contributed by atoms with Crippen LogP contribution < -0.4 is 0 Å². The third kappa shape index (κ3) is 3.74. The van der Waals surface area contributed by atoms with Crippen molar-refractivity contribution in [3.63, 3.8) is 0 Å². The summed E-state index contributed by atoms with van der Waals surface area (Å²) in [6, 6.07) is 7.53. The Morgan fingerprint density at radius 3 is 2.76 bits per heavy atom. The maximum atomic E-state index is 11.7. The van der Waals surface area contributed by atoms with Crippen molar-refractivity contribution in [1.82, 2.24) is 0 Å². The number of unbranched alkanes of at least 4 members (excludes halogenated alkanes) is 1. The molecule has 90 valence electrons. The van der Waals surface area contributed by atoms with Crippen molar-refractivity contribution < 1.29 is 9.53 Å². The molecular formula is C15H18O2. The fraction of sp³-hybridized carbons (Fsp3) is 0.400. The minimum atomic E-state index is -0.200. The minimum absolute atomic E-state index is 0.200. The van der Waals surface area contributed by atoms with E-state index in [0.717, 1.165) is 18.4 Å². The Hall–Kier alpha value is -1.57. The lowest BCUT2D eigenvalue weighted by Crippen LogP contribution is -2.07. The standard InChI is InChI=1S/C15H18O2/c1-12-6-2-3-8-14(12)15(16)17-11-5-4-7-13-9-10-13/h2-3,6,8-9H,4-5,7,10-11H2,1H3. The molecule has 0 aromatic heterocycles. The average Bonchev–Trinajstić information content (AvgIpc) is 3.13. The number of carbonyl (C=O) groups excluding carboxylic acids is 1. The van der Waals surface area contributed by atoms with E-state index in [1.54, 1.807) is 5.57 Å². The summed E-state index contributed by atoms with van der Waals surface area (Å²) < 4.78 is 5.25. The number of rotatable bonds is 6. The van der Waals surface area contributed by atoms with Gasteiger partial charge in [0.25, 0.3) is 0 Å². The number of carbonyl (C=O) groups is 1. The second kappa shape index (κ2) is 5.67. The van der Waals surface area contributed by atoms with Crippen LogP contribution in [0.1, 0.15) is 41.6 Å². The van der Waals surface area contributed by atoms with Gasteiger partial charge < -0.3 is 4.74 Å². The predicted molar refractivity (Wildman–Crippen MR) is 68.0 cm³/mol. The lowest BCUT2D eigenvalue weighted by Gasteiger charge is -2.06. The summed E-state index contributed by atoms with van der Waals surface area (Å²) in [5, 5.41) is 0. The van der Waals surface area contributed by atoms with Crippen molar-refractivity contribution >= 4 is 5.97 Å². The summed E-state index contributed by atoms with van der Waals surface area (Å²) in [4.78, 5) is 11.7. The van der Waals surface area contributed by atoms with E-state index in [4.69, 9.17) is 4.74 Å². The van der Waals surface area contributed by atoms with Crippen LogP contribution in [0.15, 0.2) is 35.9 Å². The van der Waals surface area contributed by atoms with Gasteiger partial charge in [-0.2, -0.15) is 0 Å². The molecule has 0 amide bonds. The van der Waals surface area contributed by atoms with Gasteiger partial charge in [0.15, 0.2) is 0 Å². The normalized spacial score (nSPS) is 13.1. The first-order valence-electron chi connectivity index (χ1n) is 6.18. The molecule has 1 aromatic carbocycles. The molecule has 0 heterocycles. The number of esters is 1. The lowest BCUT2D eigenvalue weighted by atomic mass is 10.1. The summed E-state index contributed by atoms with van der Waals surface area (Å²) in [5.41, 5.74) is 3.20. The Balaban J connectivity index is 1.69. The molecule has 2 nitrogen and oxygen atoms in total. The highest BCUT2D eigenvalue weighted by atomic mass is 16.5. The van der Waals surface area contributed by atoms with E-state index in [1.165, 1.54) is 12.8 Å². The minimum Gasteiger partial charge on any atom is -0.462 e. The highest BCUT2D eigenvalue weighted by molar-refractivity contribution is 5.90. The molecule has 1 aliphatic carbocycles. The zero-order chi connectivity index (χ0) is 12.1. The maximum Gasteiger partial charge on any atom is 0.338 e. The zero-order valence-electron chi connectivity index (χ0n) is 10.2. The number of benzene rings is 1. The van der Waals surface area contributed by atoms with Crippen LogP contribution in [0, 0.1) is 6.92 Å². The predicted octanol–water partition coefficient (Wildman–Crippen LogP) is 3.65. The average molecular weight is 230 g/mol. The van der Waals surface area contributed by atoms with E-state index in [9.17, 15) is 4.79 Å². The zero-order valence-corrected chi connectivity index (χ0v) is 10.2. The van der Waals surface area contributed by atoms with E-state index in [-0.39, 0.29) is 5.97 Å². The Kier molecular flexibility index (Phi) is 3.97. The van der Waals surface area contributed by atoms with E-state index < -0.39 is 0 Å². The monoisotopic (exact) mass is 230 g/mol. The lowest BCUT2D eigenvalue weighted by molar-refractivity contribution is 0.0498. The number of aryl methyl sites for hydroxylation is 1. The molecular weight excluding hydrogens is 212 g/mol. The topological polar surface area (TPSA) is 26.3 Å². The number of allylic oxidation sites excluding steroid dienone is 2. The third-order valence-corrected chi connectivity index (χ3v) is 2.98. The van der Waals surface area contributed by atoms with E-state index >= 15 is 0 Å². The van der Waals surface area contributed by atoms with Crippen LogP contribution in [-0.4, -0.2) is 12.6 Å². The molecule has 0 aliphatic heterocycles. The van der Waals surface area contributed by atoms with Crippen molar-refractivity contribution in [2.24, 2.45) is 0 Å². The van der Waals surface area contributed by atoms with Crippen molar-refractivity contribution in [1.29, 1.82) is 0 Å². The van der Waals surface area contributed by atoms with Gasteiger partial charge in [-0.1, -0.05) is 29.8 Å². The summed E-state index contributed by atoms with van der Waals surface area (Å²) in [5.74, 6) is -0.200. The van der Waals surface area contributed by atoms with E-state index in [2.05, 4.69) is 6.08 Å². The molecule has 0 saturated carbocycles. The second-order valence-electron chi connectivity index (χ2n) is 4.47. The van der Waals surface area contributed by atoms with Crippen LogP contribution in [0.2, 0.25) is 0 Å². The van der Waals surface area contributed by atoms with Crippen LogP contribution in [0.3, 0.4) is 0 Å². The number of hydrogen-bond donors (Lipinski definition) is 0. The van der Waals surface area contributed by atoms with Crippen molar-refractivity contribution in [3.8, 4) is 0 Å². The molecule has 2 rings (SSSR count). The van der Waals surface area contributed by atoms with Gasteiger partial charge in [-0.15, -0.1) is 0 Å². The van der Waals surface area contributed by atoms with Gasteiger partial charge in [0.05, 0.1) is 12.2 Å². The second-order valence-corrected chi connectivity index (χ2v) is 4.47. The quantitative estimate of drug-likeness (QED) is 0.423. The van der Waals surface area contributed by atoms with Crippen molar-refractivity contribution in [2.45, 2.75) is 32.6 Å². The molecule has 0 N–H and O–H groups in total. The molecule has 1 aliphatic rings. The molecule has 1 aromatic rings. The molecule has 0 radical (unpaired) electrons. The van der Waals surface area contributed by atoms with Gasteiger partial charge in [0.2, 0.25) is 0 Å². The first-order valence-corrected chi connectivity index (χ1v) is 6.18. The van der Waals surface area contributed by atoms with E-state index in [1.807, 2.05) is 31.2 Å². The summed E-state index contributed by atoms with van der Waals surface area (Å²) in [6.45, 7) is 2.45. The van der Waals surface area contributed by atoms with Crippen LogP contribution in [0.25, 0.3) is 0 Å². The van der Waals surface area contributed by atoms with Crippen LogP contribution in [0.4, 0.5) is 0 Å². The Morgan fingerprint density at radius 2 is 2.06 bits per heavy atom. The van der Waals surface area contributed by atoms with Gasteiger partial charge >= 0.3 is 5.97 Å². The van der Waals surface area contributed by atoms with E-state index in [0.29, 0.717) is 12.2 Å². The van der Waals surface area contributed by atoms with Crippen LogP contribution >= 0.6 is 0 Å². The number of ether oxygens (including phenoxy) is 1. The summed E-state index contributed by atoms with van der Waals surface area (Å²) >= 11 is 0. The van der Waals surface area contributed by atoms with Gasteiger partial charge in [0.1, 0.15) is 0 Å². The van der Waals surface area contributed by atoms with Crippen LogP contribution in [0.5, 0.6) is 0 Å². The fourth-order valence-electron chi connectivity index (χ4n) is 1.77. The number of hydrogen-bond acceptors (Lipinski definition) is 2. The fourth-order valence-corrected chi connectivity index (χ4v) is 1.77. The van der Waals surface area contributed by atoms with Gasteiger partial charge in [-0.05, 0) is 44.2 Å². The first kappa shape index (κ1) is 11.9. The molecule has 0 unspecified atom stereocenters. The molecule has 17 heavy (non-hydrogen) atoms. The Bertz CT molecular complexity index is 432. The Morgan fingerprint density at radius 1 is 1.29 bits per heavy atom. The first-order chi connectivity index (χ1) is 8.27. The molecule has 0 spiro atoms. The smallest absolute Gasteiger partial charge is 0.338 e. The van der Waals surface area contributed by atoms with Crippen LogP contribution in [-0.2, 0) is 4.74 Å². The van der Waals surface area contributed by atoms with Gasteiger partial charge in [-0.25, -0.2) is 4.79 Å². The highest BCUT2D eigenvalue weighted by Gasteiger charge is 2.09. The summed E-state index contributed by atoms with van der Waals surface area (Å²) in [6.07, 6.45) is 6.69. The molecule has 0 bridgehead atoms.